The van der Waals surface area contributed by atoms with E-state index >= 15 is 4.39 Å². The van der Waals surface area contributed by atoms with Gasteiger partial charge in [-0.15, -0.1) is 0 Å². The first-order valence-electron chi connectivity index (χ1n) is 14.3. The number of piperidine rings is 1. The number of hydrogen-bond acceptors (Lipinski definition) is 5. The third-order valence-electron chi connectivity index (χ3n) is 7.85. The number of fused-ring (bicyclic) bond motifs is 1. The van der Waals surface area contributed by atoms with Crippen LogP contribution in [0.2, 0.25) is 0 Å². The number of anilines is 1. The van der Waals surface area contributed by atoms with Crippen LogP contribution in [0.5, 0.6) is 0 Å². The number of hydrogen-bond donors (Lipinski definition) is 3. The summed E-state index contributed by atoms with van der Waals surface area (Å²) in [5.41, 5.74) is 6.31. The Bertz CT molecular complexity index is 1580. The van der Waals surface area contributed by atoms with Crippen LogP contribution in [-0.2, 0) is 13.0 Å². The molecule has 1 aromatic heterocycles. The van der Waals surface area contributed by atoms with Gasteiger partial charge in [-0.3, -0.25) is 18.7 Å². The van der Waals surface area contributed by atoms with Gasteiger partial charge in [-0.1, -0.05) is 12.1 Å². The van der Waals surface area contributed by atoms with Gasteiger partial charge in [0.15, 0.2) is 0 Å². The van der Waals surface area contributed by atoms with Crippen molar-refractivity contribution in [3.8, 4) is 0 Å². The van der Waals surface area contributed by atoms with Crippen molar-refractivity contribution in [3.05, 3.63) is 74.2 Å². The fraction of sp³-hybridized carbons (Fsp3) is 0.467. The van der Waals surface area contributed by atoms with Crippen molar-refractivity contribution in [2.45, 2.75) is 64.6 Å². The molecule has 0 spiro atoms. The van der Waals surface area contributed by atoms with Crippen LogP contribution in [0, 0.1) is 11.7 Å². The van der Waals surface area contributed by atoms with Crippen molar-refractivity contribution in [2.24, 2.45) is 11.7 Å². The molecule has 1 aliphatic heterocycles. The number of nitrogens with one attached hydrogen (secondary N) is 2. The maximum atomic E-state index is 15.3. The highest BCUT2D eigenvalue weighted by Gasteiger charge is 2.28. The average Bonchev–Trinajstić information content (AvgIpc) is 3.77. The molecule has 0 unspecified atom stereocenters. The van der Waals surface area contributed by atoms with Gasteiger partial charge in [-0.25, -0.2) is 14.0 Å². The zero-order valence-electron chi connectivity index (χ0n) is 23.5. The lowest BCUT2D eigenvalue weighted by Gasteiger charge is -2.33. The van der Waals surface area contributed by atoms with E-state index in [2.05, 4.69) is 10.6 Å². The molecule has 0 bridgehead atoms. The number of halogens is 1. The van der Waals surface area contributed by atoms with Crippen molar-refractivity contribution in [1.82, 2.24) is 19.4 Å². The van der Waals surface area contributed by atoms with Crippen LogP contribution in [-0.4, -0.2) is 51.6 Å². The molecule has 3 amide bonds. The quantitative estimate of drug-likeness (QED) is 0.387. The van der Waals surface area contributed by atoms with Crippen molar-refractivity contribution >= 4 is 28.5 Å². The van der Waals surface area contributed by atoms with Crippen molar-refractivity contribution in [3.63, 3.8) is 0 Å². The van der Waals surface area contributed by atoms with Crippen LogP contribution >= 0.6 is 0 Å². The third-order valence-corrected chi connectivity index (χ3v) is 7.85. The Morgan fingerprint density at radius 3 is 2.49 bits per heavy atom. The van der Waals surface area contributed by atoms with E-state index < -0.39 is 23.1 Å². The van der Waals surface area contributed by atoms with Crippen molar-refractivity contribution in [2.75, 3.05) is 25.0 Å². The van der Waals surface area contributed by atoms with E-state index in [1.807, 2.05) is 26.0 Å². The Kier molecular flexibility index (Phi) is 8.25. The summed E-state index contributed by atoms with van der Waals surface area (Å²) in [5, 5.41) is 5.78. The lowest BCUT2D eigenvalue weighted by Crippen LogP contribution is -2.50. The number of carbonyl (C=O) groups is 2. The third kappa shape index (κ3) is 6.19. The molecule has 1 atom stereocenters. The number of nitrogens with two attached hydrogens (primary N) is 1. The minimum atomic E-state index is -0.737. The van der Waals surface area contributed by atoms with Crippen LogP contribution in [0.15, 0.2) is 46.0 Å². The summed E-state index contributed by atoms with van der Waals surface area (Å²) < 4.78 is 17.9. The summed E-state index contributed by atoms with van der Waals surface area (Å²) in [6, 6.07) is 8.66. The van der Waals surface area contributed by atoms with E-state index in [0.717, 1.165) is 30.9 Å². The number of nitrogens with zero attached hydrogens (tertiary/aromatic N) is 3. The molecule has 1 saturated carbocycles. The fourth-order valence-electron chi connectivity index (χ4n) is 5.45. The molecule has 1 aliphatic carbocycles. The summed E-state index contributed by atoms with van der Waals surface area (Å²) in [6.45, 7) is 5.19. The lowest BCUT2D eigenvalue weighted by atomic mass is 10.0. The van der Waals surface area contributed by atoms with E-state index in [0.29, 0.717) is 44.0 Å². The predicted octanol–water partition coefficient (Wildman–Crippen LogP) is 3.22. The van der Waals surface area contributed by atoms with Gasteiger partial charge in [0.1, 0.15) is 5.82 Å². The number of likely N-dealkylation sites (tertiary alicyclic amines) is 1. The first-order valence-corrected chi connectivity index (χ1v) is 14.3. The molecule has 2 aromatic carbocycles. The standard InChI is InChI=1S/C30H37FN6O4/c1-18(2)37-26-15-24(31)25(14-23(26)28(39)36(30(37)41)16-20-5-6-20)34-29(40)35-13-3-4-22(17-35)33-27(38)21-9-7-19(8-10-21)11-12-32/h7-10,14-15,18,20,22H,3-6,11-13,16-17,32H2,1-2H3,(H,33,38)(H,34,40)/t22-/m1/s1. The van der Waals surface area contributed by atoms with Crippen LogP contribution in [0.1, 0.15) is 61.5 Å². The second-order valence-electron chi connectivity index (χ2n) is 11.4. The summed E-state index contributed by atoms with van der Waals surface area (Å²) in [7, 11) is 0. The molecule has 41 heavy (non-hydrogen) atoms. The van der Waals surface area contributed by atoms with E-state index in [1.165, 1.54) is 20.1 Å². The average molecular weight is 565 g/mol. The largest absolute Gasteiger partial charge is 0.348 e. The first-order chi connectivity index (χ1) is 19.7. The van der Waals surface area contributed by atoms with Crippen molar-refractivity contribution < 1.29 is 14.0 Å². The van der Waals surface area contributed by atoms with E-state index in [-0.39, 0.29) is 41.1 Å². The Morgan fingerprint density at radius 2 is 1.83 bits per heavy atom. The van der Waals surface area contributed by atoms with Gasteiger partial charge >= 0.3 is 11.7 Å². The van der Waals surface area contributed by atoms with Crippen LogP contribution in [0.25, 0.3) is 10.9 Å². The maximum Gasteiger partial charge on any atom is 0.331 e. The summed E-state index contributed by atoms with van der Waals surface area (Å²) in [5.74, 6) is -0.670. The SMILES string of the molecule is CC(C)n1c(=O)n(CC2CC2)c(=O)c2cc(NC(=O)N3CCC[C@@H](NC(=O)c4ccc(CCN)cc4)C3)c(F)cc21. The number of carbonyl (C=O) groups excluding carboxylic acids is 2. The zero-order chi connectivity index (χ0) is 29.3. The smallest absolute Gasteiger partial charge is 0.331 e. The van der Waals surface area contributed by atoms with Crippen LogP contribution in [0.4, 0.5) is 14.9 Å². The molecule has 2 heterocycles. The zero-order valence-corrected chi connectivity index (χ0v) is 23.5. The highest BCUT2D eigenvalue weighted by atomic mass is 19.1. The molecule has 1 saturated heterocycles. The molecule has 11 heteroatoms. The molecule has 2 fully saturated rings. The van der Waals surface area contributed by atoms with E-state index in [9.17, 15) is 19.2 Å². The molecular formula is C30H37FN6O4. The number of urea groups is 1. The molecule has 0 radical (unpaired) electrons. The van der Waals surface area contributed by atoms with E-state index in [4.69, 9.17) is 5.73 Å². The van der Waals surface area contributed by atoms with Gasteiger partial charge in [0.05, 0.1) is 16.6 Å². The monoisotopic (exact) mass is 564 g/mol. The fourth-order valence-corrected chi connectivity index (χ4v) is 5.45. The molecule has 2 aliphatic rings. The van der Waals surface area contributed by atoms with Gasteiger partial charge < -0.3 is 21.3 Å². The summed E-state index contributed by atoms with van der Waals surface area (Å²) in [4.78, 5) is 53.9. The van der Waals surface area contributed by atoms with Crippen LogP contribution < -0.4 is 27.6 Å². The van der Waals surface area contributed by atoms with Crippen molar-refractivity contribution in [1.29, 1.82) is 0 Å². The number of amides is 3. The molecule has 5 rings (SSSR count). The van der Waals surface area contributed by atoms with Gasteiger partial charge in [0, 0.05) is 43.3 Å². The number of aromatic nitrogens is 2. The minimum absolute atomic E-state index is 0.129. The second kappa shape index (κ2) is 11.9. The Hall–Kier alpha value is -3.99. The molecule has 3 aromatic rings. The highest BCUT2D eigenvalue weighted by molar-refractivity contribution is 5.95. The summed E-state index contributed by atoms with van der Waals surface area (Å²) in [6.07, 6.45) is 4.04. The number of rotatable bonds is 8. The lowest BCUT2D eigenvalue weighted by molar-refractivity contribution is 0.0913. The van der Waals surface area contributed by atoms with Gasteiger partial charge in [0.2, 0.25) is 0 Å². The van der Waals surface area contributed by atoms with E-state index in [1.54, 1.807) is 12.1 Å². The molecule has 10 nitrogen and oxygen atoms in total. The minimum Gasteiger partial charge on any atom is -0.348 e. The second-order valence-corrected chi connectivity index (χ2v) is 11.4. The Labute approximate surface area is 237 Å². The first kappa shape index (κ1) is 28.5. The van der Waals surface area contributed by atoms with Gasteiger partial charge in [-0.05, 0) is 82.2 Å². The predicted molar refractivity (Wildman–Crippen MR) is 156 cm³/mol. The highest BCUT2D eigenvalue weighted by Crippen LogP contribution is 2.30. The van der Waals surface area contributed by atoms with Gasteiger partial charge in [-0.2, -0.15) is 0 Å². The summed E-state index contributed by atoms with van der Waals surface area (Å²) >= 11 is 0. The Morgan fingerprint density at radius 1 is 1.10 bits per heavy atom. The molecule has 4 N–H and O–H groups in total. The number of benzene rings is 2. The molecular weight excluding hydrogens is 527 g/mol. The molecule has 218 valence electrons. The van der Waals surface area contributed by atoms with Gasteiger partial charge in [0.25, 0.3) is 11.5 Å². The maximum absolute atomic E-state index is 15.3. The van der Waals surface area contributed by atoms with Crippen LogP contribution in [0.3, 0.4) is 0 Å². The Balaban J connectivity index is 1.32. The normalized spacial score (nSPS) is 17.2. The topological polar surface area (TPSA) is 131 Å².